The van der Waals surface area contributed by atoms with Gasteiger partial charge in [0.1, 0.15) is 6.10 Å². The molecule has 0 aromatic heterocycles. The van der Waals surface area contributed by atoms with Gasteiger partial charge >= 0.3 is 5.97 Å². The average molecular weight is 631 g/mol. The second-order valence-corrected chi connectivity index (χ2v) is 16.6. The van der Waals surface area contributed by atoms with Crippen LogP contribution in [0.15, 0.2) is 35.9 Å². The third-order valence-electron chi connectivity index (χ3n) is 14.4. The summed E-state index contributed by atoms with van der Waals surface area (Å²) >= 11 is 0. The van der Waals surface area contributed by atoms with Crippen molar-refractivity contribution >= 4 is 11.9 Å². The second kappa shape index (κ2) is 11.4. The minimum atomic E-state index is -0.365. The maximum atomic E-state index is 13.6. The highest BCUT2D eigenvalue weighted by atomic mass is 16.7. The molecule has 6 fully saturated rings. The fourth-order valence-corrected chi connectivity index (χ4v) is 11.8. The molecule has 1 N–H and O–H groups in total. The van der Waals surface area contributed by atoms with Gasteiger partial charge in [0, 0.05) is 44.9 Å². The van der Waals surface area contributed by atoms with Crippen molar-refractivity contribution in [2.45, 2.75) is 103 Å². The molecule has 7 aliphatic rings. The maximum Gasteiger partial charge on any atom is 0.339 e. The molecule has 0 radical (unpaired) electrons. The zero-order chi connectivity index (χ0) is 31.8. The standard InChI is InChI=1S/C39H54N2O5/c1-24-11-16-39(44-23-24)25(2)34-33(46-39)22-32-30-10-9-26-21-27(12-14-37(26,3)31(30)13-15-38(32,34)4)45-36(43)29-8-6-5-7-28(29)35(42)41-19-17-40-18-20-41/h5-9,24-25,27,30-34,40H,10-23H2,1-4H3/t24-,25+,27+,30-,31+,32+,33+,34+,37+,38+,39-/m1/s1. The molecule has 7 nitrogen and oxygen atoms in total. The van der Waals surface area contributed by atoms with Crippen LogP contribution in [-0.4, -0.2) is 67.6 Å². The Bertz CT molecular complexity index is 1390. The van der Waals surface area contributed by atoms with Gasteiger partial charge in [-0.05, 0) is 97.5 Å². The molecule has 3 saturated carbocycles. The van der Waals surface area contributed by atoms with Crippen molar-refractivity contribution in [2.75, 3.05) is 32.8 Å². The molecule has 1 amide bonds. The van der Waals surface area contributed by atoms with E-state index in [4.69, 9.17) is 14.2 Å². The molecule has 46 heavy (non-hydrogen) atoms. The van der Waals surface area contributed by atoms with Crippen molar-refractivity contribution in [3.63, 3.8) is 0 Å². The first kappa shape index (κ1) is 31.1. The fraction of sp³-hybridized carbons (Fsp3) is 0.744. The molecule has 0 bridgehead atoms. The Morgan fingerprint density at radius 3 is 2.52 bits per heavy atom. The van der Waals surface area contributed by atoms with Crippen LogP contribution in [0.3, 0.4) is 0 Å². The lowest BCUT2D eigenvalue weighted by Crippen LogP contribution is -2.52. The Morgan fingerprint density at radius 1 is 0.978 bits per heavy atom. The van der Waals surface area contributed by atoms with E-state index >= 15 is 0 Å². The number of piperazine rings is 1. The first-order valence-electron chi connectivity index (χ1n) is 18.4. The van der Waals surface area contributed by atoms with Gasteiger partial charge in [-0.15, -0.1) is 0 Å². The van der Waals surface area contributed by atoms with Crippen molar-refractivity contribution in [3.8, 4) is 0 Å². The number of esters is 1. The molecular weight excluding hydrogens is 576 g/mol. The highest BCUT2D eigenvalue weighted by Crippen LogP contribution is 2.70. The van der Waals surface area contributed by atoms with Crippen molar-refractivity contribution < 1.29 is 23.8 Å². The summed E-state index contributed by atoms with van der Waals surface area (Å²) < 4.78 is 19.7. The van der Waals surface area contributed by atoms with Crippen molar-refractivity contribution in [3.05, 3.63) is 47.0 Å². The third kappa shape index (κ3) is 4.76. The highest BCUT2D eigenvalue weighted by Gasteiger charge is 2.68. The van der Waals surface area contributed by atoms with Crippen LogP contribution in [0.5, 0.6) is 0 Å². The Kier molecular flexibility index (Phi) is 7.73. The largest absolute Gasteiger partial charge is 0.458 e. The van der Waals surface area contributed by atoms with Gasteiger partial charge in [-0.2, -0.15) is 0 Å². The number of nitrogens with one attached hydrogen (secondary N) is 1. The molecule has 1 spiro atoms. The number of fused-ring (bicyclic) bond motifs is 7. The maximum absolute atomic E-state index is 13.6. The van der Waals surface area contributed by atoms with E-state index in [1.165, 1.54) is 31.3 Å². The molecule has 11 atom stereocenters. The number of amides is 1. The molecule has 4 aliphatic carbocycles. The molecule has 1 aromatic rings. The van der Waals surface area contributed by atoms with Gasteiger partial charge in [-0.3, -0.25) is 4.79 Å². The van der Waals surface area contributed by atoms with Crippen LogP contribution in [0, 0.1) is 46.3 Å². The lowest BCUT2D eigenvalue weighted by Gasteiger charge is -2.58. The van der Waals surface area contributed by atoms with Crippen molar-refractivity contribution in [1.29, 1.82) is 0 Å². The van der Waals surface area contributed by atoms with Gasteiger partial charge in [-0.25, -0.2) is 4.79 Å². The topological polar surface area (TPSA) is 77.1 Å². The van der Waals surface area contributed by atoms with E-state index in [0.717, 1.165) is 51.8 Å². The molecule has 3 saturated heterocycles. The van der Waals surface area contributed by atoms with Crippen LogP contribution >= 0.6 is 0 Å². The van der Waals surface area contributed by atoms with E-state index in [0.29, 0.717) is 71.2 Å². The van der Waals surface area contributed by atoms with Crippen LogP contribution in [0.4, 0.5) is 0 Å². The predicted molar refractivity (Wildman–Crippen MR) is 176 cm³/mol. The fourth-order valence-electron chi connectivity index (χ4n) is 11.8. The average Bonchev–Trinajstić information content (AvgIpc) is 3.52. The van der Waals surface area contributed by atoms with Gasteiger partial charge in [0.15, 0.2) is 5.79 Å². The minimum Gasteiger partial charge on any atom is -0.458 e. The zero-order valence-corrected chi connectivity index (χ0v) is 28.4. The summed E-state index contributed by atoms with van der Waals surface area (Å²) in [5, 5.41) is 3.29. The van der Waals surface area contributed by atoms with E-state index in [-0.39, 0.29) is 29.2 Å². The Labute approximate surface area is 275 Å². The van der Waals surface area contributed by atoms with E-state index < -0.39 is 0 Å². The Balaban J connectivity index is 0.957. The number of hydrogen-bond acceptors (Lipinski definition) is 6. The van der Waals surface area contributed by atoms with Crippen LogP contribution < -0.4 is 5.32 Å². The van der Waals surface area contributed by atoms with Gasteiger partial charge in [0.05, 0.1) is 23.8 Å². The summed E-state index contributed by atoms with van der Waals surface area (Å²) in [5.74, 6) is 2.93. The quantitative estimate of drug-likeness (QED) is 0.299. The molecule has 8 rings (SSSR count). The lowest BCUT2D eigenvalue weighted by atomic mass is 9.47. The molecule has 7 heteroatoms. The molecule has 250 valence electrons. The van der Waals surface area contributed by atoms with Gasteiger partial charge < -0.3 is 24.4 Å². The summed E-state index contributed by atoms with van der Waals surface area (Å²) in [6.45, 7) is 13.5. The Morgan fingerprint density at radius 2 is 1.76 bits per heavy atom. The number of nitrogens with zero attached hydrogens (tertiary/aromatic N) is 1. The number of carbonyl (C=O) groups is 2. The monoisotopic (exact) mass is 630 g/mol. The summed E-state index contributed by atoms with van der Waals surface area (Å²) in [5.41, 5.74) is 2.82. The number of hydrogen-bond donors (Lipinski definition) is 1. The van der Waals surface area contributed by atoms with Gasteiger partial charge in [-0.1, -0.05) is 51.5 Å². The summed E-state index contributed by atoms with van der Waals surface area (Å²) in [7, 11) is 0. The zero-order valence-electron chi connectivity index (χ0n) is 28.4. The van der Waals surface area contributed by atoms with Crippen LogP contribution in [0.1, 0.15) is 106 Å². The second-order valence-electron chi connectivity index (χ2n) is 16.6. The summed E-state index contributed by atoms with van der Waals surface area (Å²) in [6.07, 6.45) is 12.6. The lowest BCUT2D eigenvalue weighted by molar-refractivity contribution is -0.272. The SMILES string of the molecule is C[C@@H]1CC[C@@]2(OC1)O[C@H]1C[C@H]3[C@@H]4CC=C5C[C@@H](OC(=O)c6ccccc6C(=O)N6CCNCC6)CC[C@]5(C)[C@H]4CC[C@]3(C)[C@H]1[C@@H]2C. The van der Waals surface area contributed by atoms with Crippen molar-refractivity contribution in [2.24, 2.45) is 46.3 Å². The van der Waals surface area contributed by atoms with E-state index in [1.807, 2.05) is 17.0 Å². The molecule has 1 aromatic carbocycles. The molecule has 0 unspecified atom stereocenters. The first-order valence-corrected chi connectivity index (χ1v) is 18.4. The Hall–Kier alpha value is -2.22. The summed E-state index contributed by atoms with van der Waals surface area (Å²) in [4.78, 5) is 28.7. The molecule has 3 aliphatic heterocycles. The molecule has 3 heterocycles. The number of benzene rings is 1. The first-order chi connectivity index (χ1) is 22.1. The van der Waals surface area contributed by atoms with Gasteiger partial charge in [0.25, 0.3) is 5.91 Å². The van der Waals surface area contributed by atoms with E-state index in [9.17, 15) is 9.59 Å². The number of allylic oxidation sites excluding steroid dienone is 1. The third-order valence-corrected chi connectivity index (χ3v) is 14.4. The summed E-state index contributed by atoms with van der Waals surface area (Å²) in [6, 6.07) is 7.18. The van der Waals surface area contributed by atoms with Gasteiger partial charge in [0.2, 0.25) is 0 Å². The van der Waals surface area contributed by atoms with Crippen LogP contribution in [0.2, 0.25) is 0 Å². The number of rotatable bonds is 3. The predicted octanol–water partition coefficient (Wildman–Crippen LogP) is 6.62. The smallest absolute Gasteiger partial charge is 0.339 e. The number of ether oxygens (including phenoxy) is 3. The van der Waals surface area contributed by atoms with Crippen LogP contribution in [0.25, 0.3) is 0 Å². The highest BCUT2D eigenvalue weighted by molar-refractivity contribution is 6.05. The normalized spacial score (nSPS) is 44.9. The minimum absolute atomic E-state index is 0.0810. The van der Waals surface area contributed by atoms with Crippen molar-refractivity contribution in [1.82, 2.24) is 10.2 Å². The molecular formula is C39H54N2O5. The number of carbonyl (C=O) groups excluding carboxylic acids is 2. The van der Waals surface area contributed by atoms with Crippen LogP contribution in [-0.2, 0) is 14.2 Å². The van der Waals surface area contributed by atoms with E-state index in [2.05, 4.69) is 39.1 Å². The van der Waals surface area contributed by atoms with E-state index in [1.54, 1.807) is 12.1 Å².